The van der Waals surface area contributed by atoms with E-state index in [1.165, 1.54) is 0 Å². The maximum Gasteiger partial charge on any atom is 0.164 e. The number of hydrogen-bond donors (Lipinski definition) is 0. The molecule has 9 aromatic rings. The van der Waals surface area contributed by atoms with Crippen LogP contribution in [0, 0.1) is 0 Å². The van der Waals surface area contributed by atoms with Crippen molar-refractivity contribution in [2.45, 2.75) is 0 Å². The molecule has 0 N–H and O–H groups in total. The molecule has 230 valence electrons. The van der Waals surface area contributed by atoms with Crippen molar-refractivity contribution < 1.29 is 11.3 Å². The molecular weight excluding hydrogens is 599 g/mol. The third-order valence-corrected chi connectivity index (χ3v) is 8.65. The molecule has 0 spiro atoms. The average Bonchev–Trinajstić information content (AvgIpc) is 3.60. The molecule has 0 unspecified atom stereocenters. The molecule has 7 aromatic carbocycles. The van der Waals surface area contributed by atoms with Crippen molar-refractivity contribution in [2.24, 2.45) is 0 Å². The molecule has 0 radical (unpaired) electrons. The SMILES string of the molecule is [2H]c1c([2H])c([2H])c(-c2ccc(-c3ccc(-c4ccc5oc6cc(-c7nc(-c8ccccc8)nc(-c8ccccc8)n7)ccc6c5c4)cc3)cc2)c([2H])c1[2H]. The Bertz CT molecular complexity index is 2770. The topological polar surface area (TPSA) is 51.8 Å². The van der Waals surface area contributed by atoms with E-state index in [-0.39, 0.29) is 29.7 Å². The molecule has 2 heterocycles. The third kappa shape index (κ3) is 5.56. The summed E-state index contributed by atoms with van der Waals surface area (Å²) in [6.45, 7) is 0. The van der Waals surface area contributed by atoms with Gasteiger partial charge < -0.3 is 4.42 Å². The first-order valence-electron chi connectivity index (χ1n) is 18.4. The summed E-state index contributed by atoms with van der Waals surface area (Å²) >= 11 is 0. The van der Waals surface area contributed by atoms with E-state index in [0.717, 1.165) is 60.9 Å². The summed E-state index contributed by atoms with van der Waals surface area (Å²) in [5.74, 6) is 1.77. The Hall–Kier alpha value is -6.65. The van der Waals surface area contributed by atoms with Crippen molar-refractivity contribution in [1.29, 1.82) is 0 Å². The number of furan rings is 1. The van der Waals surface area contributed by atoms with Gasteiger partial charge in [0.25, 0.3) is 0 Å². The van der Waals surface area contributed by atoms with Crippen LogP contribution in [-0.2, 0) is 0 Å². The molecule has 0 saturated heterocycles. The van der Waals surface area contributed by atoms with Crippen LogP contribution >= 0.6 is 0 Å². The predicted molar refractivity (Wildman–Crippen MR) is 200 cm³/mol. The first-order valence-corrected chi connectivity index (χ1v) is 15.9. The van der Waals surface area contributed by atoms with Gasteiger partial charge in [-0.15, -0.1) is 0 Å². The molecule has 0 fully saturated rings. The van der Waals surface area contributed by atoms with Crippen molar-refractivity contribution in [3.05, 3.63) is 176 Å². The molecule has 4 nitrogen and oxygen atoms in total. The zero-order chi connectivity index (χ0) is 36.9. The van der Waals surface area contributed by atoms with E-state index in [0.29, 0.717) is 23.0 Å². The molecule has 2 aromatic heterocycles. The van der Waals surface area contributed by atoms with Gasteiger partial charge in [0.2, 0.25) is 0 Å². The standard InChI is InChI=1S/C45H29N3O/c1-4-10-30(11-5-1)31-16-18-32(19-17-31)33-20-22-34(23-21-33)37-25-27-41-40(28-37)39-26-24-38(29-42(39)49-41)45-47-43(35-12-6-2-7-13-35)46-44(48-45)36-14-8-3-9-15-36/h1-29H/i1D,4D,5D,10D,11D. The van der Waals surface area contributed by atoms with Gasteiger partial charge in [-0.25, -0.2) is 15.0 Å². The van der Waals surface area contributed by atoms with Crippen LogP contribution in [0.4, 0.5) is 0 Å². The number of rotatable bonds is 6. The first kappa shape index (κ1) is 23.6. The van der Waals surface area contributed by atoms with Gasteiger partial charge in [0.15, 0.2) is 17.5 Å². The lowest BCUT2D eigenvalue weighted by atomic mass is 9.97. The lowest BCUT2D eigenvalue weighted by molar-refractivity contribution is 0.669. The molecule has 0 atom stereocenters. The lowest BCUT2D eigenvalue weighted by Gasteiger charge is -2.08. The summed E-state index contributed by atoms with van der Waals surface area (Å²) in [5, 5.41) is 2.00. The van der Waals surface area contributed by atoms with Crippen molar-refractivity contribution >= 4 is 21.9 Å². The van der Waals surface area contributed by atoms with Crippen LogP contribution in [0.2, 0.25) is 0 Å². The Kier molecular flexibility index (Phi) is 5.87. The van der Waals surface area contributed by atoms with Crippen LogP contribution in [0.15, 0.2) is 180 Å². The minimum Gasteiger partial charge on any atom is -0.456 e. The van der Waals surface area contributed by atoms with Crippen LogP contribution in [-0.4, -0.2) is 15.0 Å². The van der Waals surface area contributed by atoms with Crippen molar-refractivity contribution in [2.75, 3.05) is 0 Å². The summed E-state index contributed by atoms with van der Waals surface area (Å²) in [6.07, 6.45) is 0. The van der Waals surface area contributed by atoms with Crippen LogP contribution < -0.4 is 0 Å². The monoisotopic (exact) mass is 632 g/mol. The van der Waals surface area contributed by atoms with E-state index in [4.69, 9.17) is 26.2 Å². The minimum atomic E-state index is -0.397. The van der Waals surface area contributed by atoms with E-state index in [1.807, 2.05) is 91.0 Å². The fourth-order valence-electron chi connectivity index (χ4n) is 6.11. The van der Waals surface area contributed by atoms with Crippen molar-refractivity contribution in [1.82, 2.24) is 15.0 Å². The summed E-state index contributed by atoms with van der Waals surface area (Å²) in [6, 6.07) is 46.3. The molecule has 9 rings (SSSR count). The lowest BCUT2D eigenvalue weighted by Crippen LogP contribution is -2.00. The maximum atomic E-state index is 8.31. The number of nitrogens with zero attached hydrogens (tertiary/aromatic N) is 3. The van der Waals surface area contributed by atoms with E-state index in [2.05, 4.69) is 42.5 Å². The Morgan fingerprint density at radius 2 is 0.816 bits per heavy atom. The van der Waals surface area contributed by atoms with Gasteiger partial charge in [-0.1, -0.05) is 152 Å². The summed E-state index contributed by atoms with van der Waals surface area (Å²) < 4.78 is 46.9. The van der Waals surface area contributed by atoms with Crippen LogP contribution in [0.3, 0.4) is 0 Å². The van der Waals surface area contributed by atoms with Gasteiger partial charge in [0, 0.05) is 27.5 Å². The van der Waals surface area contributed by atoms with Gasteiger partial charge in [0.1, 0.15) is 11.2 Å². The van der Waals surface area contributed by atoms with Crippen LogP contribution in [0.25, 0.3) is 89.5 Å². The van der Waals surface area contributed by atoms with E-state index >= 15 is 0 Å². The molecular formula is C45H29N3O. The predicted octanol–water partition coefficient (Wildman–Crippen LogP) is 11.8. The molecule has 0 amide bonds. The van der Waals surface area contributed by atoms with Crippen LogP contribution in [0.5, 0.6) is 0 Å². The summed E-state index contributed by atoms with van der Waals surface area (Å²) in [4.78, 5) is 14.6. The fourth-order valence-corrected chi connectivity index (χ4v) is 6.11. The Labute approximate surface area is 291 Å². The highest BCUT2D eigenvalue weighted by atomic mass is 16.3. The molecule has 49 heavy (non-hydrogen) atoms. The second kappa shape index (κ2) is 12.2. The minimum absolute atomic E-state index is 0.196. The van der Waals surface area contributed by atoms with Crippen LogP contribution in [0.1, 0.15) is 6.85 Å². The highest BCUT2D eigenvalue weighted by Gasteiger charge is 2.15. The molecule has 0 aliphatic rings. The average molecular weight is 633 g/mol. The van der Waals surface area contributed by atoms with Crippen molar-refractivity contribution in [3.63, 3.8) is 0 Å². The Morgan fingerprint density at radius 3 is 1.39 bits per heavy atom. The third-order valence-electron chi connectivity index (χ3n) is 8.65. The largest absolute Gasteiger partial charge is 0.456 e. The van der Waals surface area contributed by atoms with Gasteiger partial charge in [-0.3, -0.25) is 0 Å². The number of aromatic nitrogens is 3. The smallest absolute Gasteiger partial charge is 0.164 e. The highest BCUT2D eigenvalue weighted by molar-refractivity contribution is 6.07. The number of benzene rings is 7. The zero-order valence-electron chi connectivity index (χ0n) is 31.1. The highest BCUT2D eigenvalue weighted by Crippen LogP contribution is 2.36. The van der Waals surface area contributed by atoms with Gasteiger partial charge >= 0.3 is 0 Å². The normalized spacial score (nSPS) is 12.7. The maximum absolute atomic E-state index is 8.31. The number of hydrogen-bond acceptors (Lipinski definition) is 4. The second-order valence-electron chi connectivity index (χ2n) is 11.7. The summed E-state index contributed by atoms with van der Waals surface area (Å²) in [7, 11) is 0. The van der Waals surface area contributed by atoms with Gasteiger partial charge in [-0.2, -0.15) is 0 Å². The van der Waals surface area contributed by atoms with Gasteiger partial charge in [-0.05, 0) is 57.6 Å². The fraction of sp³-hybridized carbons (Fsp3) is 0. The Balaban J connectivity index is 1.02. The first-order chi connectivity index (χ1) is 26.3. The van der Waals surface area contributed by atoms with Gasteiger partial charge in [0.05, 0.1) is 6.85 Å². The molecule has 4 heteroatoms. The molecule has 0 aliphatic heterocycles. The van der Waals surface area contributed by atoms with E-state index in [1.54, 1.807) is 12.1 Å². The summed E-state index contributed by atoms with van der Waals surface area (Å²) in [5.41, 5.74) is 9.00. The van der Waals surface area contributed by atoms with Crippen molar-refractivity contribution in [3.8, 4) is 67.5 Å². The van der Waals surface area contributed by atoms with E-state index < -0.39 is 6.04 Å². The van der Waals surface area contributed by atoms with E-state index in [9.17, 15) is 0 Å². The molecule has 0 bridgehead atoms. The zero-order valence-corrected chi connectivity index (χ0v) is 26.1. The molecule has 0 saturated carbocycles. The quantitative estimate of drug-likeness (QED) is 0.183. The Morgan fingerprint density at radius 1 is 0.347 bits per heavy atom. The number of fused-ring (bicyclic) bond motifs is 3. The molecule has 0 aliphatic carbocycles. The second-order valence-corrected chi connectivity index (χ2v) is 11.7.